The fourth-order valence-corrected chi connectivity index (χ4v) is 3.11. The molecule has 1 aliphatic rings. The summed E-state index contributed by atoms with van der Waals surface area (Å²) < 4.78 is 5.02. The molecule has 0 radical (unpaired) electrons. The third-order valence-corrected chi connectivity index (χ3v) is 4.31. The summed E-state index contributed by atoms with van der Waals surface area (Å²) in [6.07, 6.45) is 1.87. The molecule has 0 spiro atoms. The van der Waals surface area contributed by atoms with Crippen molar-refractivity contribution in [2.75, 3.05) is 18.6 Å². The van der Waals surface area contributed by atoms with Crippen molar-refractivity contribution in [3.8, 4) is 6.07 Å². The Labute approximate surface area is 141 Å². The standard InChI is InChI=1S/C20H18N2O2/c1-24-20(23)19-14-22(16-10-6-3-7-11-16)17(13-21)12-18(19)15-8-4-2-5-9-15/h2-12,18-19H,14H2,1H3/t18-,19-/m0/s1. The number of hydrogen-bond acceptors (Lipinski definition) is 4. The minimum absolute atomic E-state index is 0.173. The molecule has 24 heavy (non-hydrogen) atoms. The van der Waals surface area contributed by atoms with E-state index in [-0.39, 0.29) is 17.8 Å². The molecular formula is C20H18N2O2. The van der Waals surface area contributed by atoms with Gasteiger partial charge in [-0.15, -0.1) is 0 Å². The monoisotopic (exact) mass is 318 g/mol. The van der Waals surface area contributed by atoms with Crippen LogP contribution in [0.5, 0.6) is 0 Å². The summed E-state index contributed by atoms with van der Waals surface area (Å²) in [6, 6.07) is 21.7. The molecule has 0 amide bonds. The highest BCUT2D eigenvalue weighted by atomic mass is 16.5. The number of carbonyl (C=O) groups excluding carboxylic acids is 1. The Morgan fingerprint density at radius 1 is 1.12 bits per heavy atom. The highest BCUT2D eigenvalue weighted by Gasteiger charge is 2.36. The topological polar surface area (TPSA) is 53.3 Å². The van der Waals surface area contributed by atoms with Crippen LogP contribution in [-0.4, -0.2) is 19.6 Å². The van der Waals surface area contributed by atoms with Gasteiger partial charge in [0.25, 0.3) is 0 Å². The third-order valence-electron chi connectivity index (χ3n) is 4.31. The SMILES string of the molecule is COC(=O)[C@H]1CN(c2ccccc2)C(C#N)=C[C@H]1c1ccccc1. The molecule has 4 nitrogen and oxygen atoms in total. The Kier molecular flexibility index (Phi) is 4.62. The zero-order valence-corrected chi connectivity index (χ0v) is 13.4. The van der Waals surface area contributed by atoms with E-state index in [1.807, 2.05) is 71.6 Å². The van der Waals surface area contributed by atoms with Crippen LogP contribution in [0.15, 0.2) is 72.4 Å². The average Bonchev–Trinajstić information content (AvgIpc) is 2.67. The summed E-state index contributed by atoms with van der Waals surface area (Å²) in [5.74, 6) is -0.805. The molecule has 1 heterocycles. The first kappa shape index (κ1) is 15.8. The zero-order chi connectivity index (χ0) is 16.9. The van der Waals surface area contributed by atoms with Crippen LogP contribution in [0.25, 0.3) is 0 Å². The normalized spacial score (nSPS) is 20.0. The van der Waals surface area contributed by atoms with E-state index in [1.165, 1.54) is 7.11 Å². The van der Waals surface area contributed by atoms with Crippen LogP contribution < -0.4 is 4.90 Å². The van der Waals surface area contributed by atoms with E-state index >= 15 is 0 Å². The number of benzene rings is 2. The minimum Gasteiger partial charge on any atom is -0.469 e. The second-order valence-electron chi connectivity index (χ2n) is 5.68. The first-order chi connectivity index (χ1) is 11.7. The number of hydrogen-bond donors (Lipinski definition) is 0. The lowest BCUT2D eigenvalue weighted by atomic mass is 9.82. The van der Waals surface area contributed by atoms with Gasteiger partial charge in [-0.1, -0.05) is 48.5 Å². The van der Waals surface area contributed by atoms with E-state index in [1.54, 1.807) is 0 Å². The van der Waals surface area contributed by atoms with Gasteiger partial charge in [-0.3, -0.25) is 4.79 Å². The van der Waals surface area contributed by atoms with Crippen LogP contribution in [0.4, 0.5) is 5.69 Å². The lowest BCUT2D eigenvalue weighted by Gasteiger charge is -2.35. The maximum Gasteiger partial charge on any atom is 0.311 e. The van der Waals surface area contributed by atoms with Gasteiger partial charge < -0.3 is 9.64 Å². The van der Waals surface area contributed by atoms with Crippen LogP contribution in [0, 0.1) is 17.2 Å². The summed E-state index contributed by atoms with van der Waals surface area (Å²) in [5, 5.41) is 9.59. The Hall–Kier alpha value is -3.06. The van der Waals surface area contributed by atoms with Crippen molar-refractivity contribution in [2.45, 2.75) is 5.92 Å². The summed E-state index contributed by atoms with van der Waals surface area (Å²) >= 11 is 0. The zero-order valence-electron chi connectivity index (χ0n) is 13.4. The lowest BCUT2D eigenvalue weighted by Crippen LogP contribution is -2.40. The fourth-order valence-electron chi connectivity index (χ4n) is 3.11. The number of nitrogens with zero attached hydrogens (tertiary/aromatic N) is 2. The molecule has 0 N–H and O–H groups in total. The second-order valence-corrected chi connectivity index (χ2v) is 5.68. The van der Waals surface area contributed by atoms with Crippen molar-refractivity contribution in [1.29, 1.82) is 5.26 Å². The number of rotatable bonds is 3. The fraction of sp³-hybridized carbons (Fsp3) is 0.200. The third kappa shape index (κ3) is 3.02. The number of esters is 1. The molecule has 0 unspecified atom stereocenters. The molecule has 4 heteroatoms. The first-order valence-electron chi connectivity index (χ1n) is 7.82. The highest BCUT2D eigenvalue weighted by molar-refractivity contribution is 5.77. The number of carbonyl (C=O) groups is 1. The number of anilines is 1. The van der Waals surface area contributed by atoms with Crippen molar-refractivity contribution in [3.05, 3.63) is 78.0 Å². The molecule has 3 rings (SSSR count). The number of para-hydroxylation sites is 1. The smallest absolute Gasteiger partial charge is 0.311 e. The second kappa shape index (κ2) is 7.01. The maximum atomic E-state index is 12.4. The number of methoxy groups -OCH3 is 1. The van der Waals surface area contributed by atoms with Crippen LogP contribution in [0.3, 0.4) is 0 Å². The predicted molar refractivity (Wildman–Crippen MR) is 92.2 cm³/mol. The molecule has 1 aliphatic heterocycles. The summed E-state index contributed by atoms with van der Waals surface area (Å²) in [4.78, 5) is 14.2. The van der Waals surface area contributed by atoms with Gasteiger partial charge in [0.15, 0.2) is 0 Å². The van der Waals surface area contributed by atoms with Gasteiger partial charge in [-0.25, -0.2) is 0 Å². The summed E-state index contributed by atoms with van der Waals surface area (Å²) in [5.41, 5.74) is 2.45. The van der Waals surface area contributed by atoms with E-state index in [9.17, 15) is 10.1 Å². The highest BCUT2D eigenvalue weighted by Crippen LogP contribution is 2.36. The van der Waals surface area contributed by atoms with Crippen molar-refractivity contribution in [1.82, 2.24) is 0 Å². The molecule has 2 aromatic rings. The van der Waals surface area contributed by atoms with Crippen molar-refractivity contribution < 1.29 is 9.53 Å². The molecule has 120 valence electrons. The van der Waals surface area contributed by atoms with Gasteiger partial charge in [0.2, 0.25) is 0 Å². The largest absolute Gasteiger partial charge is 0.469 e. The first-order valence-corrected chi connectivity index (χ1v) is 7.82. The number of ether oxygens (including phenoxy) is 1. The Balaban J connectivity index is 2.06. The van der Waals surface area contributed by atoms with Crippen molar-refractivity contribution >= 4 is 11.7 Å². The van der Waals surface area contributed by atoms with Gasteiger partial charge >= 0.3 is 5.97 Å². The molecule has 0 aromatic heterocycles. The summed E-state index contributed by atoms with van der Waals surface area (Å²) in [7, 11) is 1.40. The van der Waals surface area contributed by atoms with Crippen molar-refractivity contribution in [2.24, 2.45) is 5.92 Å². The summed E-state index contributed by atoms with van der Waals surface area (Å²) in [6.45, 7) is 0.412. The number of allylic oxidation sites excluding steroid dienone is 2. The average molecular weight is 318 g/mol. The Bertz CT molecular complexity index is 778. The van der Waals surface area contributed by atoms with Crippen molar-refractivity contribution in [3.63, 3.8) is 0 Å². The quantitative estimate of drug-likeness (QED) is 0.813. The van der Waals surface area contributed by atoms with Crippen LogP contribution in [0.1, 0.15) is 11.5 Å². The van der Waals surface area contributed by atoms with E-state index < -0.39 is 0 Å². The molecular weight excluding hydrogens is 300 g/mol. The van der Waals surface area contributed by atoms with Gasteiger partial charge in [-0.2, -0.15) is 5.26 Å². The van der Waals surface area contributed by atoms with Gasteiger partial charge in [0.1, 0.15) is 11.8 Å². The van der Waals surface area contributed by atoms with E-state index in [2.05, 4.69) is 6.07 Å². The molecule has 0 saturated carbocycles. The molecule has 0 fully saturated rings. The minimum atomic E-state index is -0.366. The van der Waals surface area contributed by atoms with Gasteiger partial charge in [-0.05, 0) is 23.8 Å². The molecule has 2 atom stereocenters. The van der Waals surface area contributed by atoms with E-state index in [4.69, 9.17) is 4.74 Å². The van der Waals surface area contributed by atoms with E-state index in [0.29, 0.717) is 12.2 Å². The lowest BCUT2D eigenvalue weighted by molar-refractivity contribution is -0.145. The van der Waals surface area contributed by atoms with Gasteiger partial charge in [0, 0.05) is 18.2 Å². The van der Waals surface area contributed by atoms with Crippen LogP contribution in [0.2, 0.25) is 0 Å². The molecule has 0 bridgehead atoms. The maximum absolute atomic E-state index is 12.4. The molecule has 2 aromatic carbocycles. The van der Waals surface area contributed by atoms with Gasteiger partial charge in [0.05, 0.1) is 13.0 Å². The Morgan fingerprint density at radius 2 is 1.75 bits per heavy atom. The number of nitriles is 1. The van der Waals surface area contributed by atoms with E-state index in [0.717, 1.165) is 11.3 Å². The molecule has 0 aliphatic carbocycles. The predicted octanol–water partition coefficient (Wildman–Crippen LogP) is 3.49. The van der Waals surface area contributed by atoms with Crippen LogP contribution >= 0.6 is 0 Å². The molecule has 0 saturated heterocycles. The Morgan fingerprint density at radius 3 is 2.33 bits per heavy atom. The van der Waals surface area contributed by atoms with Crippen LogP contribution in [-0.2, 0) is 9.53 Å².